The average Bonchev–Trinajstić information content (AvgIpc) is 2.31. The molecule has 0 saturated carbocycles. The monoisotopic (exact) mass is 177 g/mol. The first-order valence-corrected chi connectivity index (χ1v) is 3.33. The minimum Gasteiger partial charge on any atom is -0.338 e. The van der Waals surface area contributed by atoms with E-state index < -0.39 is 0 Å². The summed E-state index contributed by atoms with van der Waals surface area (Å²) in [7, 11) is 0. The number of hydrogen-bond donors (Lipinski definition) is 1. The molecule has 0 saturated heterocycles. The molecule has 64 valence electrons. The van der Waals surface area contributed by atoms with Crippen molar-refractivity contribution in [3.05, 3.63) is 11.7 Å². The van der Waals surface area contributed by atoms with E-state index in [0.717, 1.165) is 6.54 Å². The average molecular weight is 178 g/mol. The fourth-order valence-electron chi connectivity index (χ4n) is 0.644. The van der Waals surface area contributed by atoms with Crippen molar-refractivity contribution in [2.24, 2.45) is 0 Å². The van der Waals surface area contributed by atoms with E-state index in [1.165, 1.54) is 0 Å². The summed E-state index contributed by atoms with van der Waals surface area (Å²) in [5, 5.41) is 6.73. The quantitative estimate of drug-likeness (QED) is 0.746. The second-order valence-corrected chi connectivity index (χ2v) is 2.02. The van der Waals surface area contributed by atoms with E-state index in [9.17, 15) is 0 Å². The highest BCUT2D eigenvalue weighted by Crippen LogP contribution is 1.93. The zero-order chi connectivity index (χ0) is 7.40. The van der Waals surface area contributed by atoms with Gasteiger partial charge in [-0.05, 0) is 13.5 Å². The van der Waals surface area contributed by atoms with Gasteiger partial charge in [0.2, 0.25) is 5.89 Å². The van der Waals surface area contributed by atoms with Crippen LogP contribution in [0.1, 0.15) is 18.6 Å². The normalized spacial score (nSPS) is 9.27. The van der Waals surface area contributed by atoms with Crippen molar-refractivity contribution in [3.8, 4) is 0 Å². The number of aryl methyl sites for hydroxylation is 1. The van der Waals surface area contributed by atoms with Crippen LogP contribution in [0.2, 0.25) is 0 Å². The Balaban J connectivity index is 0.000001000. The molecular formula is C6H12ClN3O. The largest absolute Gasteiger partial charge is 0.338 e. The van der Waals surface area contributed by atoms with Gasteiger partial charge in [0, 0.05) is 0 Å². The van der Waals surface area contributed by atoms with E-state index >= 15 is 0 Å². The van der Waals surface area contributed by atoms with Crippen molar-refractivity contribution in [3.63, 3.8) is 0 Å². The number of rotatable bonds is 3. The lowest BCUT2D eigenvalue weighted by atomic mass is 10.6. The lowest BCUT2D eigenvalue weighted by Gasteiger charge is -1.91. The van der Waals surface area contributed by atoms with Gasteiger partial charge < -0.3 is 9.84 Å². The minimum atomic E-state index is 0. The molecule has 0 fully saturated rings. The second-order valence-electron chi connectivity index (χ2n) is 2.02. The third-order valence-corrected chi connectivity index (χ3v) is 1.10. The first-order chi connectivity index (χ1) is 4.83. The summed E-state index contributed by atoms with van der Waals surface area (Å²) in [5.41, 5.74) is 0. The maximum absolute atomic E-state index is 4.84. The van der Waals surface area contributed by atoms with Crippen LogP contribution in [0.15, 0.2) is 4.52 Å². The molecule has 1 heterocycles. The molecule has 0 bridgehead atoms. The summed E-state index contributed by atoms with van der Waals surface area (Å²) in [5.74, 6) is 1.34. The maximum atomic E-state index is 4.84. The molecule has 0 aliphatic heterocycles. The molecule has 0 aromatic carbocycles. The highest BCUT2D eigenvalue weighted by Gasteiger charge is 1.98. The first kappa shape index (κ1) is 10.4. The van der Waals surface area contributed by atoms with Crippen LogP contribution in [0, 0.1) is 6.92 Å². The number of nitrogens with one attached hydrogen (secondary N) is 1. The minimum absolute atomic E-state index is 0. The Hall–Kier alpha value is -0.610. The van der Waals surface area contributed by atoms with Gasteiger partial charge in [0.25, 0.3) is 0 Å². The third kappa shape index (κ3) is 3.34. The summed E-state index contributed by atoms with van der Waals surface area (Å²) in [6.45, 7) is 5.42. The molecule has 1 N–H and O–H groups in total. The summed E-state index contributed by atoms with van der Waals surface area (Å²) >= 11 is 0. The van der Waals surface area contributed by atoms with E-state index in [1.807, 2.05) is 6.92 Å². The summed E-state index contributed by atoms with van der Waals surface area (Å²) < 4.78 is 4.84. The highest BCUT2D eigenvalue weighted by atomic mass is 35.5. The van der Waals surface area contributed by atoms with Gasteiger partial charge in [-0.2, -0.15) is 4.98 Å². The van der Waals surface area contributed by atoms with Gasteiger partial charge in [-0.3, -0.25) is 0 Å². The van der Waals surface area contributed by atoms with Crippen molar-refractivity contribution in [2.45, 2.75) is 20.4 Å². The van der Waals surface area contributed by atoms with E-state index in [4.69, 9.17) is 4.52 Å². The van der Waals surface area contributed by atoms with Crippen LogP contribution in [0.25, 0.3) is 0 Å². The van der Waals surface area contributed by atoms with Crippen molar-refractivity contribution < 1.29 is 4.52 Å². The van der Waals surface area contributed by atoms with Crippen LogP contribution < -0.4 is 5.32 Å². The second kappa shape index (κ2) is 5.09. The molecule has 1 aromatic heterocycles. The third-order valence-electron chi connectivity index (χ3n) is 1.10. The SMILES string of the molecule is CCNCc1nc(C)no1.Cl. The molecule has 0 radical (unpaired) electrons. The Morgan fingerprint density at radius 2 is 2.27 bits per heavy atom. The van der Waals surface area contributed by atoms with Gasteiger partial charge in [-0.25, -0.2) is 0 Å². The van der Waals surface area contributed by atoms with Crippen LogP contribution in [0.5, 0.6) is 0 Å². The molecule has 1 aromatic rings. The number of halogens is 1. The Morgan fingerprint density at radius 1 is 1.55 bits per heavy atom. The van der Waals surface area contributed by atoms with E-state index in [0.29, 0.717) is 18.3 Å². The zero-order valence-corrected chi connectivity index (χ0v) is 7.44. The van der Waals surface area contributed by atoms with Crippen LogP contribution in [0.3, 0.4) is 0 Å². The fraction of sp³-hybridized carbons (Fsp3) is 0.667. The molecule has 1 rings (SSSR count). The van der Waals surface area contributed by atoms with Crippen LogP contribution >= 0.6 is 12.4 Å². The lowest BCUT2D eigenvalue weighted by Crippen LogP contribution is -2.11. The molecule has 0 spiro atoms. The van der Waals surface area contributed by atoms with E-state index in [-0.39, 0.29) is 12.4 Å². The van der Waals surface area contributed by atoms with Gasteiger partial charge in [-0.15, -0.1) is 12.4 Å². The van der Waals surface area contributed by atoms with Crippen molar-refractivity contribution in [1.29, 1.82) is 0 Å². The van der Waals surface area contributed by atoms with Crippen molar-refractivity contribution in [2.75, 3.05) is 6.54 Å². The first-order valence-electron chi connectivity index (χ1n) is 3.33. The van der Waals surface area contributed by atoms with Gasteiger partial charge in [0.1, 0.15) is 0 Å². The van der Waals surface area contributed by atoms with Gasteiger partial charge in [0.05, 0.1) is 6.54 Å². The summed E-state index contributed by atoms with van der Waals surface area (Å²) in [6.07, 6.45) is 0. The molecule has 0 aliphatic rings. The number of hydrogen-bond acceptors (Lipinski definition) is 4. The molecule has 4 nitrogen and oxygen atoms in total. The molecule has 0 amide bonds. The van der Waals surface area contributed by atoms with Crippen molar-refractivity contribution in [1.82, 2.24) is 15.5 Å². The highest BCUT2D eigenvalue weighted by molar-refractivity contribution is 5.85. The standard InChI is InChI=1S/C6H11N3O.ClH/c1-3-7-4-6-8-5(2)9-10-6;/h7H,3-4H2,1-2H3;1H. The Kier molecular flexibility index (Phi) is 4.81. The van der Waals surface area contributed by atoms with Gasteiger partial charge in [-0.1, -0.05) is 12.1 Å². The van der Waals surface area contributed by atoms with Crippen LogP contribution in [-0.4, -0.2) is 16.7 Å². The summed E-state index contributed by atoms with van der Waals surface area (Å²) in [6, 6.07) is 0. The Bertz CT molecular complexity index is 201. The maximum Gasteiger partial charge on any atom is 0.240 e. The smallest absolute Gasteiger partial charge is 0.240 e. The topological polar surface area (TPSA) is 51.0 Å². The summed E-state index contributed by atoms with van der Waals surface area (Å²) in [4.78, 5) is 4.01. The molecule has 0 unspecified atom stereocenters. The molecular weight excluding hydrogens is 166 g/mol. The molecule has 11 heavy (non-hydrogen) atoms. The van der Waals surface area contributed by atoms with E-state index in [1.54, 1.807) is 6.92 Å². The predicted octanol–water partition coefficient (Wildman–Crippen LogP) is 0.909. The molecule has 5 heteroatoms. The zero-order valence-electron chi connectivity index (χ0n) is 6.63. The molecule has 0 aliphatic carbocycles. The van der Waals surface area contributed by atoms with Gasteiger partial charge in [0.15, 0.2) is 5.82 Å². The predicted molar refractivity (Wildman–Crippen MR) is 43.7 cm³/mol. The van der Waals surface area contributed by atoms with Crippen molar-refractivity contribution >= 4 is 12.4 Å². The number of nitrogens with zero attached hydrogens (tertiary/aromatic N) is 2. The van der Waals surface area contributed by atoms with E-state index in [2.05, 4.69) is 15.5 Å². The van der Waals surface area contributed by atoms with Crippen LogP contribution in [0.4, 0.5) is 0 Å². The lowest BCUT2D eigenvalue weighted by molar-refractivity contribution is 0.365. The van der Waals surface area contributed by atoms with Gasteiger partial charge >= 0.3 is 0 Å². The Labute approximate surface area is 71.8 Å². The van der Waals surface area contributed by atoms with Crippen LogP contribution in [-0.2, 0) is 6.54 Å². The fourth-order valence-corrected chi connectivity index (χ4v) is 0.644. The Morgan fingerprint density at radius 3 is 2.73 bits per heavy atom. The number of aromatic nitrogens is 2. The molecule has 0 atom stereocenters.